The number of hydrogen-bond donors (Lipinski definition) is 2. The van der Waals surface area contributed by atoms with Gasteiger partial charge in [-0.1, -0.05) is 6.42 Å². The highest BCUT2D eigenvalue weighted by atomic mass is 16.1. The normalized spacial score (nSPS) is 29.9. The standard InChI is InChI=1S/C15H22N4O/c1-19-12-3-2-4-13(19)8-11(7-12)18-10-5-6-17-14(9-10)15(16)20/h5-6,9,11-13H,2-4,7-8H2,1H3,(H2,16,20)(H,17,18). The number of amides is 1. The molecule has 1 aromatic rings. The number of rotatable bonds is 3. The summed E-state index contributed by atoms with van der Waals surface area (Å²) in [6.45, 7) is 0. The van der Waals surface area contributed by atoms with Crippen LogP contribution in [0.3, 0.4) is 0 Å². The summed E-state index contributed by atoms with van der Waals surface area (Å²) in [5.74, 6) is -0.478. The Hall–Kier alpha value is -1.62. The summed E-state index contributed by atoms with van der Waals surface area (Å²) in [6, 6.07) is 5.51. The van der Waals surface area contributed by atoms with E-state index < -0.39 is 5.91 Å². The minimum Gasteiger partial charge on any atom is -0.382 e. The maximum absolute atomic E-state index is 11.2. The average Bonchev–Trinajstić information content (AvgIpc) is 2.40. The molecule has 20 heavy (non-hydrogen) atoms. The van der Waals surface area contributed by atoms with E-state index in [4.69, 9.17) is 5.73 Å². The molecule has 2 bridgehead atoms. The summed E-state index contributed by atoms with van der Waals surface area (Å²) in [7, 11) is 2.25. The second kappa shape index (κ2) is 5.40. The zero-order valence-corrected chi connectivity index (χ0v) is 11.9. The van der Waals surface area contributed by atoms with Gasteiger partial charge in [-0.25, -0.2) is 0 Å². The Balaban J connectivity index is 1.69. The van der Waals surface area contributed by atoms with E-state index in [2.05, 4.69) is 22.2 Å². The first-order valence-electron chi connectivity index (χ1n) is 7.38. The quantitative estimate of drug-likeness (QED) is 0.878. The van der Waals surface area contributed by atoms with Crippen LogP contribution in [0.4, 0.5) is 5.69 Å². The summed E-state index contributed by atoms with van der Waals surface area (Å²) in [5.41, 5.74) is 6.54. The predicted molar refractivity (Wildman–Crippen MR) is 78.6 cm³/mol. The van der Waals surface area contributed by atoms with Gasteiger partial charge in [-0.05, 0) is 44.9 Å². The van der Waals surface area contributed by atoms with Crippen molar-refractivity contribution in [3.63, 3.8) is 0 Å². The van der Waals surface area contributed by atoms with Crippen LogP contribution in [0, 0.1) is 0 Å². The Bertz CT molecular complexity index is 490. The lowest BCUT2D eigenvalue weighted by Crippen LogP contribution is -2.52. The first-order valence-corrected chi connectivity index (χ1v) is 7.38. The van der Waals surface area contributed by atoms with Gasteiger partial charge in [-0.15, -0.1) is 0 Å². The zero-order chi connectivity index (χ0) is 14.1. The smallest absolute Gasteiger partial charge is 0.267 e. The van der Waals surface area contributed by atoms with Crippen molar-refractivity contribution in [1.82, 2.24) is 9.88 Å². The molecule has 5 nitrogen and oxygen atoms in total. The van der Waals surface area contributed by atoms with E-state index in [1.165, 1.54) is 32.1 Å². The van der Waals surface area contributed by atoms with Gasteiger partial charge < -0.3 is 16.0 Å². The van der Waals surface area contributed by atoms with Crippen LogP contribution in [0.1, 0.15) is 42.6 Å². The molecule has 1 aromatic heterocycles. The second-order valence-electron chi connectivity index (χ2n) is 6.01. The number of piperidine rings is 2. The van der Waals surface area contributed by atoms with E-state index in [1.807, 2.05) is 6.07 Å². The van der Waals surface area contributed by atoms with E-state index in [0.29, 0.717) is 23.8 Å². The Labute approximate surface area is 119 Å². The molecule has 0 spiro atoms. The minimum atomic E-state index is -0.478. The molecule has 2 unspecified atom stereocenters. The number of aromatic nitrogens is 1. The topological polar surface area (TPSA) is 71.2 Å². The first-order chi connectivity index (χ1) is 9.63. The minimum absolute atomic E-state index is 0.322. The van der Waals surface area contributed by atoms with Crippen molar-refractivity contribution >= 4 is 11.6 Å². The van der Waals surface area contributed by atoms with Crippen molar-refractivity contribution < 1.29 is 4.79 Å². The molecule has 2 saturated heterocycles. The third-order valence-electron chi connectivity index (χ3n) is 4.72. The van der Waals surface area contributed by atoms with Crippen LogP contribution >= 0.6 is 0 Å². The molecule has 3 heterocycles. The van der Waals surface area contributed by atoms with Gasteiger partial charge in [0.25, 0.3) is 5.91 Å². The van der Waals surface area contributed by atoms with E-state index in [-0.39, 0.29) is 0 Å². The highest BCUT2D eigenvalue weighted by Gasteiger charge is 2.35. The number of fused-ring (bicyclic) bond motifs is 2. The summed E-state index contributed by atoms with van der Waals surface area (Å²) < 4.78 is 0. The number of nitrogens with two attached hydrogens (primary N) is 1. The fourth-order valence-corrected chi connectivity index (χ4v) is 3.62. The molecule has 5 heteroatoms. The molecule has 2 atom stereocenters. The van der Waals surface area contributed by atoms with Crippen LogP contribution in [-0.2, 0) is 0 Å². The fourth-order valence-electron chi connectivity index (χ4n) is 3.62. The van der Waals surface area contributed by atoms with Crippen LogP contribution in [0.5, 0.6) is 0 Å². The molecule has 3 rings (SSSR count). The van der Waals surface area contributed by atoms with Gasteiger partial charge in [-0.3, -0.25) is 9.78 Å². The largest absolute Gasteiger partial charge is 0.382 e. The average molecular weight is 274 g/mol. The van der Waals surface area contributed by atoms with Crippen molar-refractivity contribution in [3.05, 3.63) is 24.0 Å². The number of carbonyl (C=O) groups excluding carboxylic acids is 1. The number of nitrogens with one attached hydrogen (secondary N) is 1. The number of hydrogen-bond acceptors (Lipinski definition) is 4. The number of carbonyl (C=O) groups is 1. The molecular formula is C15H22N4O. The Morgan fingerprint density at radius 3 is 2.75 bits per heavy atom. The van der Waals surface area contributed by atoms with Gasteiger partial charge in [0, 0.05) is 30.0 Å². The van der Waals surface area contributed by atoms with E-state index in [9.17, 15) is 4.79 Å². The predicted octanol–water partition coefficient (Wildman–Crippen LogP) is 1.61. The van der Waals surface area contributed by atoms with Crippen molar-refractivity contribution in [2.24, 2.45) is 5.73 Å². The summed E-state index contributed by atoms with van der Waals surface area (Å²) in [4.78, 5) is 17.7. The van der Waals surface area contributed by atoms with Crippen LogP contribution < -0.4 is 11.1 Å². The molecule has 0 aromatic carbocycles. The highest BCUT2D eigenvalue weighted by molar-refractivity contribution is 5.91. The fraction of sp³-hybridized carbons (Fsp3) is 0.600. The SMILES string of the molecule is CN1C2CCCC1CC(Nc1ccnc(C(N)=O)c1)C2. The van der Waals surface area contributed by atoms with E-state index in [1.54, 1.807) is 12.3 Å². The molecule has 0 radical (unpaired) electrons. The number of nitrogens with zero attached hydrogens (tertiary/aromatic N) is 2. The first kappa shape index (κ1) is 13.4. The number of pyridine rings is 1. The summed E-state index contributed by atoms with van der Waals surface area (Å²) >= 11 is 0. The zero-order valence-electron chi connectivity index (χ0n) is 11.9. The van der Waals surface area contributed by atoms with Gasteiger partial charge in [0.15, 0.2) is 0 Å². The molecule has 0 aliphatic carbocycles. The third-order valence-corrected chi connectivity index (χ3v) is 4.72. The Morgan fingerprint density at radius 1 is 1.40 bits per heavy atom. The molecule has 2 aliphatic heterocycles. The number of anilines is 1. The van der Waals surface area contributed by atoms with Gasteiger partial charge >= 0.3 is 0 Å². The van der Waals surface area contributed by atoms with Crippen molar-refractivity contribution in [3.8, 4) is 0 Å². The maximum Gasteiger partial charge on any atom is 0.267 e. The number of primary amides is 1. The van der Waals surface area contributed by atoms with Crippen molar-refractivity contribution in [2.45, 2.75) is 50.2 Å². The van der Waals surface area contributed by atoms with Crippen molar-refractivity contribution in [2.75, 3.05) is 12.4 Å². The molecule has 2 fully saturated rings. The molecule has 1 amide bonds. The van der Waals surface area contributed by atoms with Gasteiger partial charge in [-0.2, -0.15) is 0 Å². The molecule has 2 aliphatic rings. The van der Waals surface area contributed by atoms with Gasteiger partial charge in [0.1, 0.15) is 5.69 Å². The maximum atomic E-state index is 11.2. The highest BCUT2D eigenvalue weighted by Crippen LogP contribution is 2.33. The lowest BCUT2D eigenvalue weighted by molar-refractivity contribution is 0.0608. The van der Waals surface area contributed by atoms with Gasteiger partial charge in [0.2, 0.25) is 0 Å². The Morgan fingerprint density at radius 2 is 2.10 bits per heavy atom. The summed E-state index contributed by atoms with van der Waals surface area (Å²) in [5, 5.41) is 3.55. The van der Waals surface area contributed by atoms with Crippen LogP contribution in [0.25, 0.3) is 0 Å². The molecule has 3 N–H and O–H groups in total. The van der Waals surface area contributed by atoms with Crippen LogP contribution in [0.2, 0.25) is 0 Å². The lowest BCUT2D eigenvalue weighted by atomic mass is 9.82. The molecule has 108 valence electrons. The van der Waals surface area contributed by atoms with Crippen molar-refractivity contribution in [1.29, 1.82) is 0 Å². The Kier molecular flexibility index (Phi) is 3.61. The molecular weight excluding hydrogens is 252 g/mol. The second-order valence-corrected chi connectivity index (χ2v) is 6.01. The van der Waals surface area contributed by atoms with Crippen LogP contribution in [0.15, 0.2) is 18.3 Å². The lowest BCUT2D eigenvalue weighted by Gasteiger charge is -2.47. The van der Waals surface area contributed by atoms with E-state index in [0.717, 1.165) is 5.69 Å². The third kappa shape index (κ3) is 2.63. The van der Waals surface area contributed by atoms with Gasteiger partial charge in [0.05, 0.1) is 0 Å². The van der Waals surface area contributed by atoms with Crippen LogP contribution in [-0.4, -0.2) is 41.0 Å². The molecule has 0 saturated carbocycles. The summed E-state index contributed by atoms with van der Waals surface area (Å²) in [6.07, 6.45) is 7.93. The van der Waals surface area contributed by atoms with E-state index >= 15 is 0 Å². The monoisotopic (exact) mass is 274 g/mol.